The molecule has 0 aliphatic carbocycles. The molecule has 0 aromatic carbocycles. The fourth-order valence-corrected chi connectivity index (χ4v) is 1.23. The highest BCUT2D eigenvalue weighted by molar-refractivity contribution is 5.17. The van der Waals surface area contributed by atoms with Crippen LogP contribution in [0.4, 0.5) is 0 Å². The summed E-state index contributed by atoms with van der Waals surface area (Å²) in [5, 5.41) is 4.21. The average molecular weight is 183 g/mol. The van der Waals surface area contributed by atoms with Gasteiger partial charge in [-0.05, 0) is 5.92 Å². The molecule has 0 atom stereocenters. The van der Waals surface area contributed by atoms with Gasteiger partial charge >= 0.3 is 0 Å². The lowest BCUT2D eigenvalue weighted by molar-refractivity contribution is 0.312. The van der Waals surface area contributed by atoms with Crippen molar-refractivity contribution in [3.05, 3.63) is 11.8 Å². The minimum atomic E-state index is 0.465. The SMILES string of the molecule is CC(C)c1cc(OCCN)nn1C. The van der Waals surface area contributed by atoms with Crippen molar-refractivity contribution in [3.63, 3.8) is 0 Å². The van der Waals surface area contributed by atoms with Crippen LogP contribution in [0, 0.1) is 0 Å². The predicted octanol–water partition coefficient (Wildman–Crippen LogP) is 0.881. The third kappa shape index (κ3) is 2.45. The Morgan fingerprint density at radius 3 is 2.77 bits per heavy atom. The zero-order valence-electron chi connectivity index (χ0n) is 8.45. The number of aryl methyl sites for hydroxylation is 1. The topological polar surface area (TPSA) is 53.1 Å². The van der Waals surface area contributed by atoms with Crippen LogP contribution in [-0.4, -0.2) is 22.9 Å². The van der Waals surface area contributed by atoms with Crippen LogP contribution in [-0.2, 0) is 7.05 Å². The van der Waals surface area contributed by atoms with Gasteiger partial charge in [-0.3, -0.25) is 4.68 Å². The Morgan fingerprint density at radius 2 is 2.31 bits per heavy atom. The Kier molecular flexibility index (Phi) is 3.31. The van der Waals surface area contributed by atoms with Crippen molar-refractivity contribution in [2.75, 3.05) is 13.2 Å². The van der Waals surface area contributed by atoms with Crippen molar-refractivity contribution in [2.24, 2.45) is 12.8 Å². The summed E-state index contributed by atoms with van der Waals surface area (Å²) in [6, 6.07) is 1.96. The van der Waals surface area contributed by atoms with Gasteiger partial charge in [0.2, 0.25) is 5.88 Å². The van der Waals surface area contributed by atoms with Gasteiger partial charge in [-0.25, -0.2) is 0 Å². The lowest BCUT2D eigenvalue weighted by Crippen LogP contribution is -2.10. The van der Waals surface area contributed by atoms with Crippen molar-refractivity contribution in [2.45, 2.75) is 19.8 Å². The molecule has 0 aliphatic rings. The molecule has 0 radical (unpaired) electrons. The largest absolute Gasteiger partial charge is 0.475 e. The monoisotopic (exact) mass is 183 g/mol. The minimum absolute atomic E-state index is 0.465. The molecular formula is C9H17N3O. The van der Waals surface area contributed by atoms with Crippen molar-refractivity contribution >= 4 is 0 Å². The van der Waals surface area contributed by atoms with E-state index >= 15 is 0 Å². The summed E-state index contributed by atoms with van der Waals surface area (Å²) in [5.41, 5.74) is 6.49. The van der Waals surface area contributed by atoms with E-state index < -0.39 is 0 Å². The van der Waals surface area contributed by atoms with E-state index in [4.69, 9.17) is 10.5 Å². The molecule has 4 heteroatoms. The second kappa shape index (κ2) is 4.28. The van der Waals surface area contributed by atoms with Crippen molar-refractivity contribution < 1.29 is 4.74 Å². The second-order valence-electron chi connectivity index (χ2n) is 3.32. The quantitative estimate of drug-likeness (QED) is 0.754. The molecule has 0 spiro atoms. The Hall–Kier alpha value is -1.03. The Labute approximate surface area is 78.7 Å². The summed E-state index contributed by atoms with van der Waals surface area (Å²) in [6.07, 6.45) is 0. The van der Waals surface area contributed by atoms with Crippen LogP contribution in [0.3, 0.4) is 0 Å². The third-order valence-electron chi connectivity index (χ3n) is 1.85. The highest BCUT2D eigenvalue weighted by Crippen LogP contribution is 2.18. The van der Waals surface area contributed by atoms with Crippen LogP contribution in [0.2, 0.25) is 0 Å². The molecular weight excluding hydrogens is 166 g/mol. The first kappa shape index (κ1) is 10.1. The Morgan fingerprint density at radius 1 is 1.62 bits per heavy atom. The van der Waals surface area contributed by atoms with Crippen molar-refractivity contribution in [1.82, 2.24) is 9.78 Å². The van der Waals surface area contributed by atoms with E-state index in [1.807, 2.05) is 17.8 Å². The molecule has 74 valence electrons. The summed E-state index contributed by atoms with van der Waals surface area (Å²) in [6.45, 7) is 5.30. The summed E-state index contributed by atoms with van der Waals surface area (Å²) in [7, 11) is 1.92. The number of hydrogen-bond acceptors (Lipinski definition) is 3. The van der Waals surface area contributed by atoms with Crippen LogP contribution in [0.5, 0.6) is 5.88 Å². The van der Waals surface area contributed by atoms with Gasteiger partial charge in [-0.15, -0.1) is 5.10 Å². The molecule has 1 rings (SSSR count). The fourth-order valence-electron chi connectivity index (χ4n) is 1.23. The molecule has 1 aromatic rings. The van der Waals surface area contributed by atoms with E-state index in [1.165, 1.54) is 5.69 Å². The number of rotatable bonds is 4. The van der Waals surface area contributed by atoms with Gasteiger partial charge in [0.1, 0.15) is 6.61 Å². The number of aromatic nitrogens is 2. The number of nitrogens with zero attached hydrogens (tertiary/aromatic N) is 2. The van der Waals surface area contributed by atoms with Crippen molar-refractivity contribution in [1.29, 1.82) is 0 Å². The zero-order chi connectivity index (χ0) is 9.84. The number of ether oxygens (including phenoxy) is 1. The van der Waals surface area contributed by atoms with E-state index in [-0.39, 0.29) is 0 Å². The average Bonchev–Trinajstić information content (AvgIpc) is 2.43. The fraction of sp³-hybridized carbons (Fsp3) is 0.667. The van der Waals surface area contributed by atoms with Crippen LogP contribution >= 0.6 is 0 Å². The Balaban J connectivity index is 2.71. The molecule has 2 N–H and O–H groups in total. The van der Waals surface area contributed by atoms with Gasteiger partial charge in [0, 0.05) is 25.4 Å². The standard InChI is InChI=1S/C9H17N3O/c1-7(2)8-6-9(11-12(8)3)13-5-4-10/h6-7H,4-5,10H2,1-3H3. The van der Waals surface area contributed by atoms with Crippen LogP contribution in [0.25, 0.3) is 0 Å². The molecule has 1 aromatic heterocycles. The van der Waals surface area contributed by atoms with Gasteiger partial charge in [0.25, 0.3) is 0 Å². The molecule has 4 nitrogen and oxygen atoms in total. The first-order chi connectivity index (χ1) is 6.15. The lowest BCUT2D eigenvalue weighted by Gasteiger charge is -2.02. The maximum Gasteiger partial charge on any atom is 0.233 e. The smallest absolute Gasteiger partial charge is 0.233 e. The lowest BCUT2D eigenvalue weighted by atomic mass is 10.1. The highest BCUT2D eigenvalue weighted by Gasteiger charge is 2.08. The zero-order valence-corrected chi connectivity index (χ0v) is 8.45. The number of nitrogens with two attached hydrogens (primary N) is 1. The molecule has 0 saturated carbocycles. The minimum Gasteiger partial charge on any atom is -0.475 e. The second-order valence-corrected chi connectivity index (χ2v) is 3.32. The summed E-state index contributed by atoms with van der Waals surface area (Å²) in [5.74, 6) is 1.13. The molecule has 0 amide bonds. The molecule has 0 unspecified atom stereocenters. The van der Waals surface area contributed by atoms with Gasteiger partial charge in [0.05, 0.1) is 0 Å². The van der Waals surface area contributed by atoms with Gasteiger partial charge in [0.15, 0.2) is 0 Å². The predicted molar refractivity (Wildman–Crippen MR) is 51.8 cm³/mol. The number of hydrogen-bond donors (Lipinski definition) is 1. The third-order valence-corrected chi connectivity index (χ3v) is 1.85. The van der Waals surface area contributed by atoms with Gasteiger partial charge in [-0.1, -0.05) is 13.8 Å². The molecule has 0 fully saturated rings. The van der Waals surface area contributed by atoms with E-state index in [9.17, 15) is 0 Å². The molecule has 0 saturated heterocycles. The van der Waals surface area contributed by atoms with Crippen LogP contribution in [0.1, 0.15) is 25.5 Å². The molecule has 13 heavy (non-hydrogen) atoms. The highest BCUT2D eigenvalue weighted by atomic mass is 16.5. The van der Waals surface area contributed by atoms with E-state index in [0.717, 1.165) is 0 Å². The first-order valence-corrected chi connectivity index (χ1v) is 4.52. The molecule has 0 aliphatic heterocycles. The maximum absolute atomic E-state index is 5.32. The van der Waals surface area contributed by atoms with E-state index in [0.29, 0.717) is 24.9 Å². The van der Waals surface area contributed by atoms with Crippen LogP contribution in [0.15, 0.2) is 6.07 Å². The summed E-state index contributed by atoms with van der Waals surface area (Å²) < 4.78 is 7.15. The van der Waals surface area contributed by atoms with Gasteiger partial charge < -0.3 is 10.5 Å². The first-order valence-electron chi connectivity index (χ1n) is 4.52. The van der Waals surface area contributed by atoms with Gasteiger partial charge in [-0.2, -0.15) is 0 Å². The van der Waals surface area contributed by atoms with Crippen molar-refractivity contribution in [3.8, 4) is 5.88 Å². The van der Waals surface area contributed by atoms with Crippen LogP contribution < -0.4 is 10.5 Å². The summed E-state index contributed by atoms with van der Waals surface area (Å²) >= 11 is 0. The maximum atomic E-state index is 5.32. The normalized spacial score (nSPS) is 10.8. The molecule has 1 heterocycles. The molecule has 0 bridgehead atoms. The summed E-state index contributed by atoms with van der Waals surface area (Å²) in [4.78, 5) is 0. The Bertz CT molecular complexity index is 268. The van der Waals surface area contributed by atoms with E-state index in [1.54, 1.807) is 0 Å². The van der Waals surface area contributed by atoms with E-state index in [2.05, 4.69) is 18.9 Å².